The van der Waals surface area contributed by atoms with E-state index >= 15 is 0 Å². The number of carboxylic acids is 1. The van der Waals surface area contributed by atoms with Crippen molar-refractivity contribution < 1.29 is 24.2 Å². The normalized spacial score (nSPS) is 18.7. The van der Waals surface area contributed by atoms with Gasteiger partial charge in [0.05, 0.1) is 12.0 Å². The van der Waals surface area contributed by atoms with Crippen molar-refractivity contribution in [3.63, 3.8) is 0 Å². The van der Waals surface area contributed by atoms with Crippen molar-refractivity contribution in [3.8, 4) is 5.75 Å². The highest BCUT2D eigenvalue weighted by Crippen LogP contribution is 2.16. The first kappa shape index (κ1) is 16.3. The van der Waals surface area contributed by atoms with Crippen LogP contribution in [-0.2, 0) is 9.53 Å². The molecule has 1 amide bonds. The molecule has 0 bridgehead atoms. The Morgan fingerprint density at radius 2 is 2.14 bits per heavy atom. The highest BCUT2D eigenvalue weighted by atomic mass is 16.5. The molecule has 1 saturated heterocycles. The number of hydrogen-bond acceptors (Lipinski definition) is 4. The lowest BCUT2D eigenvalue weighted by atomic mass is 10.1. The lowest BCUT2D eigenvalue weighted by Gasteiger charge is -2.12. The van der Waals surface area contributed by atoms with Crippen LogP contribution in [0.15, 0.2) is 24.3 Å². The highest BCUT2D eigenvalue weighted by molar-refractivity contribution is 5.94. The van der Waals surface area contributed by atoms with Gasteiger partial charge in [0, 0.05) is 18.7 Å². The van der Waals surface area contributed by atoms with Crippen LogP contribution in [0.5, 0.6) is 5.75 Å². The summed E-state index contributed by atoms with van der Waals surface area (Å²) in [5.74, 6) is -1.15. The Labute approximate surface area is 129 Å². The smallest absolute Gasteiger partial charge is 0.308 e. The Hall–Kier alpha value is -2.08. The first-order valence-electron chi connectivity index (χ1n) is 7.41. The molecule has 1 heterocycles. The largest absolute Gasteiger partial charge is 0.491 e. The predicted octanol–water partition coefficient (Wildman–Crippen LogP) is 1.69. The molecular formula is C16H21NO5. The van der Waals surface area contributed by atoms with Crippen LogP contribution in [0.1, 0.15) is 30.1 Å². The Bertz CT molecular complexity index is 508. The molecule has 1 aromatic carbocycles. The molecule has 0 unspecified atom stereocenters. The third kappa shape index (κ3) is 4.73. The zero-order chi connectivity index (χ0) is 15.9. The van der Waals surface area contributed by atoms with Crippen LogP contribution in [0.3, 0.4) is 0 Å². The maximum absolute atomic E-state index is 11.9. The quantitative estimate of drug-likeness (QED) is 0.801. The van der Waals surface area contributed by atoms with E-state index in [4.69, 9.17) is 14.6 Å². The van der Waals surface area contributed by atoms with Crippen molar-refractivity contribution in [3.05, 3.63) is 29.8 Å². The number of carbonyl (C=O) groups is 2. The summed E-state index contributed by atoms with van der Waals surface area (Å²) in [6.07, 6.45) is 2.24. The number of benzene rings is 1. The van der Waals surface area contributed by atoms with Gasteiger partial charge in [0.1, 0.15) is 12.4 Å². The number of carbonyl (C=O) groups excluding carboxylic acids is 1. The summed E-state index contributed by atoms with van der Waals surface area (Å²) in [5, 5.41) is 11.4. The first-order valence-corrected chi connectivity index (χ1v) is 7.41. The first-order chi connectivity index (χ1) is 10.6. The molecule has 2 rings (SSSR count). The Morgan fingerprint density at radius 3 is 2.73 bits per heavy atom. The minimum Gasteiger partial charge on any atom is -0.491 e. The number of nitrogens with one attached hydrogen (secondary N) is 1. The van der Waals surface area contributed by atoms with Gasteiger partial charge in [-0.25, -0.2) is 0 Å². The van der Waals surface area contributed by atoms with Gasteiger partial charge in [0.25, 0.3) is 5.91 Å². The predicted molar refractivity (Wildman–Crippen MR) is 80.0 cm³/mol. The molecule has 1 aliphatic rings. The van der Waals surface area contributed by atoms with Crippen molar-refractivity contribution in [2.75, 3.05) is 19.8 Å². The molecule has 1 aliphatic heterocycles. The van der Waals surface area contributed by atoms with Crippen molar-refractivity contribution in [1.29, 1.82) is 0 Å². The van der Waals surface area contributed by atoms with Crippen LogP contribution < -0.4 is 10.1 Å². The van der Waals surface area contributed by atoms with E-state index in [2.05, 4.69) is 5.32 Å². The third-order valence-electron chi connectivity index (χ3n) is 3.57. The topological polar surface area (TPSA) is 84.9 Å². The number of rotatable bonds is 7. The van der Waals surface area contributed by atoms with Crippen molar-refractivity contribution in [2.24, 2.45) is 5.92 Å². The van der Waals surface area contributed by atoms with E-state index in [0.717, 1.165) is 19.4 Å². The van der Waals surface area contributed by atoms with Crippen molar-refractivity contribution in [1.82, 2.24) is 5.32 Å². The molecule has 22 heavy (non-hydrogen) atoms. The zero-order valence-corrected chi connectivity index (χ0v) is 12.6. The van der Waals surface area contributed by atoms with Crippen LogP contribution in [0.4, 0.5) is 0 Å². The maximum Gasteiger partial charge on any atom is 0.308 e. The molecular weight excluding hydrogens is 286 g/mol. The van der Waals surface area contributed by atoms with Gasteiger partial charge in [-0.2, -0.15) is 0 Å². The summed E-state index contributed by atoms with van der Waals surface area (Å²) in [5.41, 5.74) is 0.474. The molecule has 0 radical (unpaired) electrons. The lowest BCUT2D eigenvalue weighted by molar-refractivity contribution is -0.140. The van der Waals surface area contributed by atoms with Gasteiger partial charge in [-0.3, -0.25) is 9.59 Å². The Kier molecular flexibility index (Phi) is 5.77. The van der Waals surface area contributed by atoms with Crippen molar-refractivity contribution in [2.45, 2.75) is 25.9 Å². The second-order valence-electron chi connectivity index (χ2n) is 5.42. The maximum atomic E-state index is 11.9. The number of aliphatic carboxylic acids is 1. The molecule has 1 aromatic rings. The lowest BCUT2D eigenvalue weighted by Crippen LogP contribution is -2.31. The van der Waals surface area contributed by atoms with Crippen LogP contribution in [0.25, 0.3) is 0 Å². The Morgan fingerprint density at radius 1 is 1.41 bits per heavy atom. The fourth-order valence-electron chi connectivity index (χ4n) is 2.10. The molecule has 120 valence electrons. The van der Waals surface area contributed by atoms with E-state index in [-0.39, 0.29) is 18.6 Å². The van der Waals surface area contributed by atoms with Crippen LogP contribution in [0.2, 0.25) is 0 Å². The van der Waals surface area contributed by atoms with E-state index in [1.54, 1.807) is 31.2 Å². The van der Waals surface area contributed by atoms with Crippen LogP contribution >= 0.6 is 0 Å². The second-order valence-corrected chi connectivity index (χ2v) is 5.42. The van der Waals surface area contributed by atoms with Gasteiger partial charge in [-0.1, -0.05) is 6.92 Å². The summed E-state index contributed by atoms with van der Waals surface area (Å²) < 4.78 is 11.1. The average molecular weight is 307 g/mol. The van der Waals surface area contributed by atoms with Crippen LogP contribution in [0, 0.1) is 5.92 Å². The number of amides is 1. The fraction of sp³-hybridized carbons (Fsp3) is 0.500. The zero-order valence-electron chi connectivity index (χ0n) is 12.6. The van der Waals surface area contributed by atoms with Gasteiger partial charge >= 0.3 is 5.97 Å². The van der Waals surface area contributed by atoms with Gasteiger partial charge in [0.2, 0.25) is 0 Å². The van der Waals surface area contributed by atoms with Gasteiger partial charge in [-0.05, 0) is 37.1 Å². The van der Waals surface area contributed by atoms with E-state index in [1.165, 1.54) is 0 Å². The van der Waals surface area contributed by atoms with E-state index in [1.807, 2.05) is 0 Å². The third-order valence-corrected chi connectivity index (χ3v) is 3.57. The van der Waals surface area contributed by atoms with E-state index < -0.39 is 11.9 Å². The molecule has 6 nitrogen and oxygen atoms in total. The van der Waals surface area contributed by atoms with Crippen LogP contribution in [-0.4, -0.2) is 42.8 Å². The molecule has 2 atom stereocenters. The number of carboxylic acid groups (broad SMARTS) is 1. The molecule has 0 aliphatic carbocycles. The second kappa shape index (κ2) is 7.79. The Balaban J connectivity index is 1.80. The van der Waals surface area contributed by atoms with Crippen molar-refractivity contribution >= 4 is 11.9 Å². The summed E-state index contributed by atoms with van der Waals surface area (Å²) in [6.45, 7) is 2.96. The summed E-state index contributed by atoms with van der Waals surface area (Å²) in [4.78, 5) is 22.6. The van der Waals surface area contributed by atoms with Gasteiger partial charge in [-0.15, -0.1) is 0 Å². The summed E-state index contributed by atoms with van der Waals surface area (Å²) >= 11 is 0. The molecule has 0 spiro atoms. The molecule has 1 fully saturated rings. The summed E-state index contributed by atoms with van der Waals surface area (Å²) in [6, 6.07) is 6.77. The van der Waals surface area contributed by atoms with E-state index in [9.17, 15) is 9.59 Å². The van der Waals surface area contributed by atoms with Gasteiger partial charge in [0.15, 0.2) is 0 Å². The molecule has 0 saturated carbocycles. The average Bonchev–Trinajstić information content (AvgIpc) is 3.04. The SMILES string of the molecule is C[C@H](CNC(=O)c1ccc(OC[C@@H]2CCCO2)cc1)C(=O)O. The molecule has 2 N–H and O–H groups in total. The number of ether oxygens (including phenoxy) is 2. The fourth-order valence-corrected chi connectivity index (χ4v) is 2.10. The minimum absolute atomic E-state index is 0.103. The van der Waals surface area contributed by atoms with E-state index in [0.29, 0.717) is 17.9 Å². The standard InChI is InChI=1S/C16H21NO5/c1-11(16(19)20)9-17-15(18)12-4-6-13(7-5-12)22-10-14-3-2-8-21-14/h4-7,11,14H,2-3,8-10H2,1H3,(H,17,18)(H,19,20)/t11-,14+/m1/s1. The monoisotopic (exact) mass is 307 g/mol. The molecule has 0 aromatic heterocycles. The van der Waals surface area contributed by atoms with Gasteiger partial charge < -0.3 is 19.9 Å². The summed E-state index contributed by atoms with van der Waals surface area (Å²) in [7, 11) is 0. The minimum atomic E-state index is -0.932. The molecule has 6 heteroatoms. The highest BCUT2D eigenvalue weighted by Gasteiger charge is 2.16. The number of hydrogen-bond donors (Lipinski definition) is 2.